The van der Waals surface area contributed by atoms with Crippen molar-refractivity contribution in [2.24, 2.45) is 0 Å². The molecule has 0 unspecified atom stereocenters. The van der Waals surface area contributed by atoms with Crippen LogP contribution in [0.1, 0.15) is 24.0 Å². The Morgan fingerprint density at radius 2 is 1.69 bits per heavy atom. The van der Waals surface area contributed by atoms with Gasteiger partial charge in [-0.15, -0.1) is 0 Å². The van der Waals surface area contributed by atoms with Crippen molar-refractivity contribution in [3.05, 3.63) is 53.6 Å². The average molecular weight is 396 g/mol. The second kappa shape index (κ2) is 7.85. The van der Waals surface area contributed by atoms with E-state index in [4.69, 9.17) is 9.47 Å². The van der Waals surface area contributed by atoms with Crippen LogP contribution < -0.4 is 19.7 Å². The highest BCUT2D eigenvalue weighted by atomic mass is 16.5. The van der Waals surface area contributed by atoms with Crippen LogP contribution in [0.25, 0.3) is 0 Å². The van der Waals surface area contributed by atoms with E-state index in [1.54, 1.807) is 14.2 Å². The predicted octanol–water partition coefficient (Wildman–Crippen LogP) is 3.53. The molecule has 0 spiro atoms. The van der Waals surface area contributed by atoms with Gasteiger partial charge in [0.2, 0.25) is 0 Å². The third kappa shape index (κ3) is 3.97. The molecule has 6 heteroatoms. The summed E-state index contributed by atoms with van der Waals surface area (Å²) in [5, 5.41) is 3.28. The van der Waals surface area contributed by atoms with Gasteiger partial charge in [-0.2, -0.15) is 0 Å². The Morgan fingerprint density at radius 1 is 0.966 bits per heavy atom. The number of hydrogen-bond donors (Lipinski definition) is 1. The van der Waals surface area contributed by atoms with Gasteiger partial charge in [0.1, 0.15) is 0 Å². The molecule has 1 aliphatic carbocycles. The molecule has 2 aromatic rings. The topological polar surface area (TPSA) is 54.0 Å². The van der Waals surface area contributed by atoms with Gasteiger partial charge in [-0.1, -0.05) is 18.2 Å². The van der Waals surface area contributed by atoms with Crippen LogP contribution in [0.3, 0.4) is 0 Å². The van der Waals surface area contributed by atoms with Crippen molar-refractivity contribution in [2.75, 3.05) is 45.3 Å². The second-order valence-corrected chi connectivity index (χ2v) is 7.90. The quantitative estimate of drug-likeness (QED) is 0.842. The number of hydrogen-bond acceptors (Lipinski definition) is 4. The third-order valence-electron chi connectivity index (χ3n) is 5.97. The van der Waals surface area contributed by atoms with Crippen molar-refractivity contribution in [1.29, 1.82) is 0 Å². The van der Waals surface area contributed by atoms with E-state index in [9.17, 15) is 4.79 Å². The van der Waals surface area contributed by atoms with E-state index in [2.05, 4.69) is 41.4 Å². The predicted molar refractivity (Wildman–Crippen MR) is 114 cm³/mol. The van der Waals surface area contributed by atoms with E-state index in [0.717, 1.165) is 44.6 Å². The maximum atomic E-state index is 12.9. The van der Waals surface area contributed by atoms with Gasteiger partial charge >= 0.3 is 6.03 Å². The highest BCUT2D eigenvalue weighted by molar-refractivity contribution is 5.76. The molecule has 2 aliphatic rings. The van der Waals surface area contributed by atoms with Crippen molar-refractivity contribution < 1.29 is 14.3 Å². The molecule has 2 amide bonds. The molecule has 4 rings (SSSR count). The van der Waals surface area contributed by atoms with Crippen LogP contribution in [0.5, 0.6) is 11.5 Å². The molecule has 6 nitrogen and oxygen atoms in total. The number of amides is 2. The molecule has 2 aromatic carbocycles. The molecular weight excluding hydrogens is 366 g/mol. The number of nitrogens with zero attached hydrogens (tertiary/aromatic N) is 2. The van der Waals surface area contributed by atoms with Gasteiger partial charge in [0.25, 0.3) is 0 Å². The number of urea groups is 1. The monoisotopic (exact) mass is 395 g/mol. The highest BCUT2D eigenvalue weighted by Gasteiger charge is 2.47. The van der Waals surface area contributed by atoms with E-state index < -0.39 is 0 Å². The van der Waals surface area contributed by atoms with Crippen LogP contribution in [0.15, 0.2) is 42.5 Å². The fourth-order valence-electron chi connectivity index (χ4n) is 4.02. The Kier molecular flexibility index (Phi) is 5.26. The number of carbonyl (C=O) groups excluding carboxylic acids is 1. The summed E-state index contributed by atoms with van der Waals surface area (Å²) in [6, 6.07) is 14.4. The van der Waals surface area contributed by atoms with Crippen LogP contribution >= 0.6 is 0 Å². The first-order valence-corrected chi connectivity index (χ1v) is 10.2. The number of carbonyl (C=O) groups is 1. The number of ether oxygens (including phenoxy) is 2. The maximum absolute atomic E-state index is 12.9. The minimum atomic E-state index is -0.287. The number of methoxy groups -OCH3 is 2. The Bertz CT molecular complexity index is 887. The zero-order chi connectivity index (χ0) is 20.4. The molecule has 0 atom stereocenters. The summed E-state index contributed by atoms with van der Waals surface area (Å²) in [5.41, 5.74) is 3.27. The number of rotatable bonds is 5. The van der Waals surface area contributed by atoms with Gasteiger partial charge < -0.3 is 24.6 Å². The lowest BCUT2D eigenvalue weighted by Crippen LogP contribution is -2.53. The lowest BCUT2D eigenvalue weighted by molar-refractivity contribution is 0.189. The number of piperazine rings is 1. The summed E-state index contributed by atoms with van der Waals surface area (Å²) in [6.07, 6.45) is 1.88. The first kappa shape index (κ1) is 19.4. The standard InChI is InChI=1S/C23H29N3O3/c1-17-5-4-6-19(15-17)25-11-13-26(14-12-25)22(27)24-23(9-10-23)18-7-8-20(28-2)21(16-18)29-3/h4-8,15-16H,9-14H2,1-3H3,(H,24,27). The average Bonchev–Trinajstić information content (AvgIpc) is 3.54. The largest absolute Gasteiger partial charge is 0.493 e. The van der Waals surface area contributed by atoms with Crippen molar-refractivity contribution in [3.8, 4) is 11.5 Å². The highest BCUT2D eigenvalue weighted by Crippen LogP contribution is 2.47. The fraction of sp³-hybridized carbons (Fsp3) is 0.435. The number of nitrogens with one attached hydrogen (secondary N) is 1. The fourth-order valence-corrected chi connectivity index (χ4v) is 4.02. The van der Waals surface area contributed by atoms with E-state index in [1.165, 1.54) is 11.3 Å². The SMILES string of the molecule is COc1ccc(C2(NC(=O)N3CCN(c4cccc(C)c4)CC3)CC2)cc1OC. The van der Waals surface area contributed by atoms with E-state index in [-0.39, 0.29) is 11.6 Å². The molecule has 154 valence electrons. The van der Waals surface area contributed by atoms with E-state index in [0.29, 0.717) is 11.5 Å². The van der Waals surface area contributed by atoms with Crippen molar-refractivity contribution in [2.45, 2.75) is 25.3 Å². The Balaban J connectivity index is 1.39. The molecule has 0 aromatic heterocycles. The van der Waals surface area contributed by atoms with Crippen molar-refractivity contribution in [3.63, 3.8) is 0 Å². The van der Waals surface area contributed by atoms with Crippen LogP contribution in [-0.2, 0) is 5.54 Å². The van der Waals surface area contributed by atoms with Crippen LogP contribution in [0, 0.1) is 6.92 Å². The smallest absolute Gasteiger partial charge is 0.318 e. The van der Waals surface area contributed by atoms with Gasteiger partial charge in [-0.3, -0.25) is 0 Å². The number of aryl methyl sites for hydroxylation is 1. The second-order valence-electron chi connectivity index (χ2n) is 7.90. The summed E-state index contributed by atoms with van der Waals surface area (Å²) in [5.74, 6) is 1.39. The molecule has 29 heavy (non-hydrogen) atoms. The summed E-state index contributed by atoms with van der Waals surface area (Å²) in [6.45, 7) is 5.25. The zero-order valence-corrected chi connectivity index (χ0v) is 17.4. The van der Waals surface area contributed by atoms with E-state index >= 15 is 0 Å². The van der Waals surface area contributed by atoms with Crippen LogP contribution in [0.2, 0.25) is 0 Å². The summed E-state index contributed by atoms with van der Waals surface area (Å²) in [4.78, 5) is 17.2. The van der Waals surface area contributed by atoms with Gasteiger partial charge in [0, 0.05) is 31.9 Å². The minimum absolute atomic E-state index is 0.0150. The normalized spacial score (nSPS) is 17.6. The van der Waals surface area contributed by atoms with Gasteiger partial charge in [-0.25, -0.2) is 4.79 Å². The molecular formula is C23H29N3O3. The summed E-state index contributed by atoms with van der Waals surface area (Å²) < 4.78 is 10.8. The zero-order valence-electron chi connectivity index (χ0n) is 17.4. The number of anilines is 1. The van der Waals surface area contributed by atoms with Crippen molar-refractivity contribution >= 4 is 11.7 Å². The molecule has 0 bridgehead atoms. The molecule has 1 saturated carbocycles. The minimum Gasteiger partial charge on any atom is -0.493 e. The van der Waals surface area contributed by atoms with Crippen LogP contribution in [-0.4, -0.2) is 51.3 Å². The van der Waals surface area contributed by atoms with E-state index in [1.807, 2.05) is 23.1 Å². The summed E-state index contributed by atoms with van der Waals surface area (Å²) in [7, 11) is 3.26. The molecule has 2 fully saturated rings. The Hall–Kier alpha value is -2.89. The molecule has 1 N–H and O–H groups in total. The number of benzene rings is 2. The lowest BCUT2D eigenvalue weighted by Gasteiger charge is -2.37. The molecule has 1 heterocycles. The van der Waals surface area contributed by atoms with Gasteiger partial charge in [0.15, 0.2) is 11.5 Å². The molecule has 1 saturated heterocycles. The third-order valence-corrected chi connectivity index (χ3v) is 5.97. The lowest BCUT2D eigenvalue weighted by atomic mass is 10.0. The molecule has 0 radical (unpaired) electrons. The van der Waals surface area contributed by atoms with Gasteiger partial charge in [0.05, 0.1) is 19.8 Å². The van der Waals surface area contributed by atoms with Gasteiger partial charge in [-0.05, 0) is 55.2 Å². The Morgan fingerprint density at radius 3 is 2.31 bits per heavy atom. The first-order valence-electron chi connectivity index (χ1n) is 10.2. The molecule has 1 aliphatic heterocycles. The Labute approximate surface area is 172 Å². The van der Waals surface area contributed by atoms with Crippen molar-refractivity contribution in [1.82, 2.24) is 10.2 Å². The first-order chi connectivity index (χ1) is 14.0. The van der Waals surface area contributed by atoms with Crippen LogP contribution in [0.4, 0.5) is 10.5 Å². The summed E-state index contributed by atoms with van der Waals surface area (Å²) >= 11 is 0. The maximum Gasteiger partial charge on any atom is 0.318 e.